The molecule has 3 rings (SSSR count). The standard InChI is InChI=1S/C12H10FNO3/c1-11-9(15)14(10(16)12(11,2)17-11)8-5-3-4-7(13)6-8/h3-6H,1-2H3. The third-order valence-electron chi connectivity index (χ3n) is 3.57. The molecule has 2 aliphatic heterocycles. The molecular weight excluding hydrogens is 225 g/mol. The zero-order valence-electron chi connectivity index (χ0n) is 9.36. The molecule has 0 bridgehead atoms. The van der Waals surface area contributed by atoms with E-state index in [0.29, 0.717) is 0 Å². The molecule has 2 aliphatic rings. The monoisotopic (exact) mass is 235 g/mol. The summed E-state index contributed by atoms with van der Waals surface area (Å²) in [6.07, 6.45) is 0. The lowest BCUT2D eigenvalue weighted by atomic mass is 10.00. The zero-order valence-corrected chi connectivity index (χ0v) is 9.36. The Bertz CT molecular complexity index is 532. The molecule has 0 N–H and O–H groups in total. The Morgan fingerprint density at radius 1 is 1.18 bits per heavy atom. The molecule has 2 heterocycles. The number of morpholine rings is 1. The first-order chi connectivity index (χ1) is 7.90. The molecule has 88 valence electrons. The van der Waals surface area contributed by atoms with Crippen LogP contribution in [-0.4, -0.2) is 23.0 Å². The SMILES string of the molecule is CC12OC1(C)C(=O)N(c1cccc(F)c1)C2=O. The van der Waals surface area contributed by atoms with Crippen molar-refractivity contribution in [3.05, 3.63) is 30.1 Å². The Hall–Kier alpha value is -1.75. The first-order valence-electron chi connectivity index (χ1n) is 5.25. The van der Waals surface area contributed by atoms with E-state index in [0.717, 1.165) is 11.0 Å². The van der Waals surface area contributed by atoms with Gasteiger partial charge < -0.3 is 4.74 Å². The number of hydrogen-bond acceptors (Lipinski definition) is 3. The average molecular weight is 235 g/mol. The number of rotatable bonds is 1. The fourth-order valence-corrected chi connectivity index (χ4v) is 2.25. The van der Waals surface area contributed by atoms with Gasteiger partial charge in [-0.15, -0.1) is 0 Å². The number of carbonyl (C=O) groups excluding carboxylic acids is 2. The fourth-order valence-electron chi connectivity index (χ4n) is 2.25. The Balaban J connectivity index is 2.07. The van der Waals surface area contributed by atoms with Crippen molar-refractivity contribution in [2.24, 2.45) is 0 Å². The van der Waals surface area contributed by atoms with E-state index >= 15 is 0 Å². The van der Waals surface area contributed by atoms with Crippen molar-refractivity contribution in [3.63, 3.8) is 0 Å². The molecule has 2 fully saturated rings. The summed E-state index contributed by atoms with van der Waals surface area (Å²) in [6, 6.07) is 5.40. The number of epoxide rings is 1. The van der Waals surface area contributed by atoms with Crippen LogP contribution in [0, 0.1) is 5.82 Å². The van der Waals surface area contributed by atoms with Gasteiger partial charge in [0, 0.05) is 0 Å². The maximum absolute atomic E-state index is 13.1. The van der Waals surface area contributed by atoms with Gasteiger partial charge in [-0.3, -0.25) is 9.59 Å². The summed E-state index contributed by atoms with van der Waals surface area (Å²) in [6.45, 7) is 3.15. The van der Waals surface area contributed by atoms with E-state index in [-0.39, 0.29) is 5.69 Å². The second kappa shape index (κ2) is 2.73. The lowest BCUT2D eigenvalue weighted by Crippen LogP contribution is -2.38. The molecular formula is C12H10FNO3. The quantitative estimate of drug-likeness (QED) is 0.543. The highest BCUT2D eigenvalue weighted by Gasteiger charge is 2.81. The van der Waals surface area contributed by atoms with Gasteiger partial charge >= 0.3 is 0 Å². The highest BCUT2D eigenvalue weighted by atomic mass is 19.1. The number of amides is 2. The van der Waals surface area contributed by atoms with Crippen LogP contribution < -0.4 is 4.90 Å². The van der Waals surface area contributed by atoms with E-state index in [2.05, 4.69) is 0 Å². The van der Waals surface area contributed by atoms with Gasteiger partial charge in [-0.25, -0.2) is 9.29 Å². The van der Waals surface area contributed by atoms with E-state index in [1.165, 1.54) is 18.2 Å². The van der Waals surface area contributed by atoms with E-state index in [9.17, 15) is 14.0 Å². The van der Waals surface area contributed by atoms with Gasteiger partial charge in [0.25, 0.3) is 11.8 Å². The second-order valence-electron chi connectivity index (χ2n) is 4.59. The van der Waals surface area contributed by atoms with Crippen LogP contribution in [0.3, 0.4) is 0 Å². The largest absolute Gasteiger partial charge is 0.342 e. The lowest BCUT2D eigenvalue weighted by Gasteiger charge is -2.17. The van der Waals surface area contributed by atoms with Gasteiger partial charge in [0.15, 0.2) is 11.2 Å². The van der Waals surface area contributed by atoms with Crippen molar-refractivity contribution in [2.45, 2.75) is 25.0 Å². The highest BCUT2D eigenvalue weighted by molar-refractivity contribution is 6.30. The van der Waals surface area contributed by atoms with E-state index in [1.807, 2.05) is 0 Å². The topological polar surface area (TPSA) is 49.9 Å². The fraction of sp³-hybridized carbons (Fsp3) is 0.333. The molecule has 0 spiro atoms. The molecule has 2 atom stereocenters. The molecule has 5 heteroatoms. The van der Waals surface area contributed by atoms with Crippen LogP contribution in [0.15, 0.2) is 24.3 Å². The molecule has 0 aliphatic carbocycles. The average Bonchev–Trinajstić information content (AvgIpc) is 2.80. The molecule has 2 unspecified atom stereocenters. The minimum Gasteiger partial charge on any atom is -0.342 e. The predicted molar refractivity (Wildman–Crippen MR) is 56.8 cm³/mol. The van der Waals surface area contributed by atoms with Crippen molar-refractivity contribution < 1.29 is 18.7 Å². The van der Waals surface area contributed by atoms with E-state index in [1.54, 1.807) is 13.8 Å². The summed E-state index contributed by atoms with van der Waals surface area (Å²) in [5, 5.41) is 0. The highest BCUT2D eigenvalue weighted by Crippen LogP contribution is 2.55. The lowest BCUT2D eigenvalue weighted by molar-refractivity contribution is -0.129. The first-order valence-corrected chi connectivity index (χ1v) is 5.25. The third-order valence-corrected chi connectivity index (χ3v) is 3.57. The molecule has 0 aromatic heterocycles. The molecule has 1 aromatic rings. The predicted octanol–water partition coefficient (Wildman–Crippen LogP) is 1.25. The second-order valence-corrected chi connectivity index (χ2v) is 4.59. The summed E-state index contributed by atoms with van der Waals surface area (Å²) in [4.78, 5) is 25.1. The number of ether oxygens (including phenoxy) is 1. The number of halogens is 1. The first kappa shape index (κ1) is 10.4. The number of nitrogens with zero attached hydrogens (tertiary/aromatic N) is 1. The molecule has 17 heavy (non-hydrogen) atoms. The van der Waals surface area contributed by atoms with Crippen LogP contribution in [0.5, 0.6) is 0 Å². The molecule has 2 amide bonds. The van der Waals surface area contributed by atoms with Gasteiger partial charge in [-0.05, 0) is 32.0 Å². The molecule has 4 nitrogen and oxygen atoms in total. The maximum Gasteiger partial charge on any atom is 0.269 e. The van der Waals surface area contributed by atoms with Crippen molar-refractivity contribution in [1.29, 1.82) is 0 Å². The van der Waals surface area contributed by atoms with E-state index in [4.69, 9.17) is 4.74 Å². The number of imide groups is 1. The number of anilines is 1. The van der Waals surface area contributed by atoms with Crippen LogP contribution in [0.4, 0.5) is 10.1 Å². The Kier molecular flexibility index (Phi) is 1.67. The Morgan fingerprint density at radius 3 is 2.29 bits per heavy atom. The van der Waals surface area contributed by atoms with Gasteiger partial charge in [-0.1, -0.05) is 6.07 Å². The van der Waals surface area contributed by atoms with Crippen molar-refractivity contribution in [2.75, 3.05) is 4.90 Å². The van der Waals surface area contributed by atoms with Gasteiger partial charge in [0.2, 0.25) is 0 Å². The van der Waals surface area contributed by atoms with Crippen LogP contribution >= 0.6 is 0 Å². The summed E-state index contributed by atoms with van der Waals surface area (Å²) < 4.78 is 18.3. The summed E-state index contributed by atoms with van der Waals surface area (Å²) in [5.41, 5.74) is -1.93. The van der Waals surface area contributed by atoms with Crippen molar-refractivity contribution >= 4 is 17.5 Å². The number of fused-ring (bicyclic) bond motifs is 1. The van der Waals surface area contributed by atoms with Crippen LogP contribution in [-0.2, 0) is 14.3 Å². The number of benzene rings is 1. The minimum absolute atomic E-state index is 0.248. The zero-order chi connectivity index (χ0) is 12.4. The third kappa shape index (κ3) is 1.04. The van der Waals surface area contributed by atoms with Crippen LogP contribution in [0.1, 0.15) is 13.8 Å². The van der Waals surface area contributed by atoms with Crippen LogP contribution in [0.2, 0.25) is 0 Å². The van der Waals surface area contributed by atoms with Gasteiger partial charge in [0.05, 0.1) is 5.69 Å². The molecule has 2 saturated heterocycles. The minimum atomic E-state index is -1.09. The van der Waals surface area contributed by atoms with Gasteiger partial charge in [0.1, 0.15) is 5.82 Å². The van der Waals surface area contributed by atoms with Crippen molar-refractivity contribution in [3.8, 4) is 0 Å². The van der Waals surface area contributed by atoms with Gasteiger partial charge in [-0.2, -0.15) is 0 Å². The van der Waals surface area contributed by atoms with E-state index < -0.39 is 28.8 Å². The summed E-state index contributed by atoms with van der Waals surface area (Å²) in [7, 11) is 0. The Morgan fingerprint density at radius 2 is 1.76 bits per heavy atom. The summed E-state index contributed by atoms with van der Waals surface area (Å²) >= 11 is 0. The molecule has 0 saturated carbocycles. The van der Waals surface area contributed by atoms with Crippen molar-refractivity contribution in [1.82, 2.24) is 0 Å². The number of hydrogen-bond donors (Lipinski definition) is 0. The summed E-state index contributed by atoms with van der Waals surface area (Å²) in [5.74, 6) is -1.36. The Labute approximate surface area is 97.0 Å². The maximum atomic E-state index is 13.1. The molecule has 1 aromatic carbocycles. The van der Waals surface area contributed by atoms with Crippen LogP contribution in [0.25, 0.3) is 0 Å². The smallest absolute Gasteiger partial charge is 0.269 e. The molecule has 0 radical (unpaired) electrons. The number of carbonyl (C=O) groups is 2. The normalized spacial score (nSPS) is 35.1.